The molecule has 0 saturated carbocycles. The molecule has 1 amide bonds. The van der Waals surface area contributed by atoms with E-state index < -0.39 is 5.97 Å². The first-order valence-corrected chi connectivity index (χ1v) is 9.98. The molecule has 0 spiro atoms. The van der Waals surface area contributed by atoms with Crippen molar-refractivity contribution in [2.75, 3.05) is 26.3 Å². The van der Waals surface area contributed by atoms with E-state index >= 15 is 0 Å². The zero-order chi connectivity index (χ0) is 19.6. The smallest absolute Gasteiger partial charge is 0.306 e. The fourth-order valence-electron chi connectivity index (χ4n) is 3.04. The van der Waals surface area contributed by atoms with E-state index in [4.69, 9.17) is 14.6 Å². The number of carboxylic acid groups (broad SMARTS) is 1. The third kappa shape index (κ3) is 6.15. The van der Waals surface area contributed by atoms with Gasteiger partial charge in [-0.1, -0.05) is 26.7 Å². The highest BCUT2D eigenvalue weighted by Crippen LogP contribution is 2.30. The molecule has 27 heavy (non-hydrogen) atoms. The van der Waals surface area contributed by atoms with Gasteiger partial charge in [-0.2, -0.15) is 0 Å². The second kappa shape index (κ2) is 10.8. The van der Waals surface area contributed by atoms with Crippen LogP contribution >= 0.6 is 0 Å². The standard InChI is InChI=1S/C21H31NO5/c1-3-5-13-26-18-8-7-17(15-19(18)27-14-6-4-2)20(23)22-11-9-16(10-12-22)21(24)25/h7-8,15-16H,3-6,9-14H2,1-2H3,(H,24,25). The quantitative estimate of drug-likeness (QED) is 0.624. The highest BCUT2D eigenvalue weighted by Gasteiger charge is 2.27. The number of carboxylic acids is 1. The van der Waals surface area contributed by atoms with Gasteiger partial charge in [0.2, 0.25) is 0 Å². The summed E-state index contributed by atoms with van der Waals surface area (Å²) in [6, 6.07) is 5.32. The first-order valence-electron chi connectivity index (χ1n) is 9.98. The van der Waals surface area contributed by atoms with Crippen molar-refractivity contribution in [2.45, 2.75) is 52.4 Å². The molecule has 0 unspecified atom stereocenters. The molecule has 0 radical (unpaired) electrons. The van der Waals surface area contributed by atoms with Crippen LogP contribution in [0.1, 0.15) is 62.7 Å². The van der Waals surface area contributed by atoms with Crippen molar-refractivity contribution in [1.29, 1.82) is 0 Å². The number of unbranched alkanes of at least 4 members (excludes halogenated alkanes) is 2. The fourth-order valence-corrected chi connectivity index (χ4v) is 3.04. The number of carbonyl (C=O) groups is 2. The minimum absolute atomic E-state index is 0.0840. The highest BCUT2D eigenvalue weighted by molar-refractivity contribution is 5.95. The molecule has 1 aliphatic heterocycles. The molecule has 1 aromatic rings. The first-order chi connectivity index (χ1) is 13.1. The monoisotopic (exact) mass is 377 g/mol. The van der Waals surface area contributed by atoms with E-state index in [-0.39, 0.29) is 11.8 Å². The molecule has 2 rings (SSSR count). The van der Waals surface area contributed by atoms with Gasteiger partial charge in [0, 0.05) is 18.7 Å². The van der Waals surface area contributed by atoms with E-state index in [0.29, 0.717) is 56.2 Å². The average molecular weight is 377 g/mol. The van der Waals surface area contributed by atoms with Gasteiger partial charge in [0.1, 0.15) is 0 Å². The third-order valence-corrected chi connectivity index (χ3v) is 4.83. The van der Waals surface area contributed by atoms with Crippen molar-refractivity contribution in [3.8, 4) is 11.5 Å². The van der Waals surface area contributed by atoms with E-state index in [1.54, 1.807) is 23.1 Å². The van der Waals surface area contributed by atoms with Crippen LogP contribution in [0, 0.1) is 5.92 Å². The normalized spacial score (nSPS) is 14.8. The Labute approximate surface area is 161 Å². The molecule has 1 N–H and O–H groups in total. The van der Waals surface area contributed by atoms with Crippen molar-refractivity contribution < 1.29 is 24.2 Å². The van der Waals surface area contributed by atoms with Crippen LogP contribution in [0.2, 0.25) is 0 Å². The average Bonchev–Trinajstić information content (AvgIpc) is 2.68. The van der Waals surface area contributed by atoms with Crippen molar-refractivity contribution in [1.82, 2.24) is 4.90 Å². The third-order valence-electron chi connectivity index (χ3n) is 4.83. The largest absolute Gasteiger partial charge is 0.490 e. The molecular weight excluding hydrogens is 346 g/mol. The minimum atomic E-state index is -0.776. The van der Waals surface area contributed by atoms with Crippen LogP contribution in [-0.2, 0) is 4.79 Å². The number of amides is 1. The summed E-state index contributed by atoms with van der Waals surface area (Å²) in [5.74, 6) is 0.0597. The summed E-state index contributed by atoms with van der Waals surface area (Å²) in [7, 11) is 0. The lowest BCUT2D eigenvalue weighted by Gasteiger charge is -2.30. The molecule has 1 heterocycles. The first kappa shape index (κ1) is 21.1. The lowest BCUT2D eigenvalue weighted by Crippen LogP contribution is -2.40. The number of nitrogens with zero attached hydrogens (tertiary/aromatic N) is 1. The van der Waals surface area contributed by atoms with Gasteiger partial charge in [-0.15, -0.1) is 0 Å². The number of hydrogen-bond donors (Lipinski definition) is 1. The summed E-state index contributed by atoms with van der Waals surface area (Å²) in [6.07, 6.45) is 4.99. The van der Waals surface area contributed by atoms with Gasteiger partial charge in [-0.05, 0) is 43.9 Å². The second-order valence-corrected chi connectivity index (χ2v) is 6.97. The molecule has 0 aromatic heterocycles. The van der Waals surface area contributed by atoms with Crippen LogP contribution in [0.25, 0.3) is 0 Å². The summed E-state index contributed by atoms with van der Waals surface area (Å²) in [5, 5.41) is 9.10. The number of ether oxygens (including phenoxy) is 2. The Morgan fingerprint density at radius 1 is 1.04 bits per heavy atom. The van der Waals surface area contributed by atoms with Crippen LogP contribution < -0.4 is 9.47 Å². The number of piperidine rings is 1. The Bertz CT molecular complexity index is 623. The van der Waals surface area contributed by atoms with E-state index in [1.807, 2.05) is 0 Å². The predicted molar refractivity (Wildman–Crippen MR) is 104 cm³/mol. The number of hydrogen-bond acceptors (Lipinski definition) is 4. The van der Waals surface area contributed by atoms with Crippen molar-refractivity contribution >= 4 is 11.9 Å². The van der Waals surface area contributed by atoms with E-state index in [9.17, 15) is 9.59 Å². The van der Waals surface area contributed by atoms with Gasteiger partial charge < -0.3 is 19.5 Å². The Hall–Kier alpha value is -2.24. The molecule has 1 aliphatic rings. The van der Waals surface area contributed by atoms with Crippen LogP contribution in [0.15, 0.2) is 18.2 Å². The van der Waals surface area contributed by atoms with Gasteiger partial charge in [0.15, 0.2) is 11.5 Å². The lowest BCUT2D eigenvalue weighted by molar-refractivity contribution is -0.143. The van der Waals surface area contributed by atoms with Crippen LogP contribution in [0.3, 0.4) is 0 Å². The Balaban J connectivity index is 2.07. The summed E-state index contributed by atoms with van der Waals surface area (Å²) in [4.78, 5) is 25.6. The molecule has 0 atom stereocenters. The molecular formula is C21H31NO5. The molecule has 1 fully saturated rings. The zero-order valence-electron chi connectivity index (χ0n) is 16.4. The molecule has 0 aliphatic carbocycles. The van der Waals surface area contributed by atoms with Gasteiger partial charge in [-0.3, -0.25) is 9.59 Å². The fraction of sp³-hybridized carbons (Fsp3) is 0.619. The van der Waals surface area contributed by atoms with Crippen LogP contribution in [-0.4, -0.2) is 48.2 Å². The Morgan fingerprint density at radius 2 is 1.63 bits per heavy atom. The number of carbonyl (C=O) groups excluding carboxylic acids is 1. The van der Waals surface area contributed by atoms with Crippen LogP contribution in [0.5, 0.6) is 11.5 Å². The lowest BCUT2D eigenvalue weighted by atomic mass is 9.96. The van der Waals surface area contributed by atoms with Gasteiger partial charge in [0.05, 0.1) is 19.1 Å². The molecule has 150 valence electrons. The number of rotatable bonds is 10. The molecule has 1 aromatic carbocycles. The Kier molecular flexibility index (Phi) is 8.43. The maximum absolute atomic E-state index is 12.8. The van der Waals surface area contributed by atoms with E-state index in [2.05, 4.69) is 13.8 Å². The number of benzene rings is 1. The summed E-state index contributed by atoms with van der Waals surface area (Å²) >= 11 is 0. The highest BCUT2D eigenvalue weighted by atomic mass is 16.5. The molecule has 6 nitrogen and oxygen atoms in total. The topological polar surface area (TPSA) is 76.1 Å². The van der Waals surface area contributed by atoms with E-state index in [0.717, 1.165) is 25.7 Å². The maximum atomic E-state index is 12.8. The zero-order valence-corrected chi connectivity index (χ0v) is 16.4. The van der Waals surface area contributed by atoms with Crippen molar-refractivity contribution in [3.63, 3.8) is 0 Å². The Morgan fingerprint density at radius 3 is 2.19 bits per heavy atom. The number of likely N-dealkylation sites (tertiary alicyclic amines) is 1. The summed E-state index contributed by atoms with van der Waals surface area (Å²) in [6.45, 7) is 6.35. The molecule has 1 saturated heterocycles. The maximum Gasteiger partial charge on any atom is 0.306 e. The van der Waals surface area contributed by atoms with Gasteiger partial charge in [-0.25, -0.2) is 0 Å². The minimum Gasteiger partial charge on any atom is -0.490 e. The number of aliphatic carboxylic acids is 1. The SMILES string of the molecule is CCCCOc1ccc(C(=O)N2CCC(C(=O)O)CC2)cc1OCCCC. The predicted octanol–water partition coefficient (Wildman–Crippen LogP) is 3.98. The summed E-state index contributed by atoms with van der Waals surface area (Å²) in [5.41, 5.74) is 0.554. The second-order valence-electron chi connectivity index (χ2n) is 6.97. The van der Waals surface area contributed by atoms with Crippen LogP contribution in [0.4, 0.5) is 0 Å². The van der Waals surface area contributed by atoms with Crippen molar-refractivity contribution in [2.24, 2.45) is 5.92 Å². The summed E-state index contributed by atoms with van der Waals surface area (Å²) < 4.78 is 11.7. The van der Waals surface area contributed by atoms with E-state index in [1.165, 1.54) is 0 Å². The molecule has 6 heteroatoms. The van der Waals surface area contributed by atoms with Gasteiger partial charge in [0.25, 0.3) is 5.91 Å². The van der Waals surface area contributed by atoms with Gasteiger partial charge >= 0.3 is 5.97 Å². The van der Waals surface area contributed by atoms with Crippen molar-refractivity contribution in [3.05, 3.63) is 23.8 Å². The molecule has 0 bridgehead atoms.